The SMILES string of the molecule is Fc1cc2c(cc1I)nc(CCl)n2-c1ccc(Br)c(Cl)c1. The molecule has 0 spiro atoms. The third kappa shape index (κ3) is 2.81. The summed E-state index contributed by atoms with van der Waals surface area (Å²) in [6, 6.07) is 8.68. The summed E-state index contributed by atoms with van der Waals surface area (Å²) in [7, 11) is 0. The van der Waals surface area contributed by atoms with Crippen molar-refractivity contribution in [2.24, 2.45) is 0 Å². The van der Waals surface area contributed by atoms with Crippen LogP contribution in [0.3, 0.4) is 0 Å². The maximum absolute atomic E-state index is 13.9. The number of benzene rings is 2. The zero-order valence-corrected chi connectivity index (χ0v) is 15.6. The molecule has 3 aromatic rings. The summed E-state index contributed by atoms with van der Waals surface area (Å²) in [5.41, 5.74) is 2.17. The molecule has 0 radical (unpaired) electrons. The van der Waals surface area contributed by atoms with Crippen molar-refractivity contribution in [3.05, 3.63) is 55.0 Å². The number of fused-ring (bicyclic) bond motifs is 1. The van der Waals surface area contributed by atoms with Crippen molar-refractivity contribution in [2.45, 2.75) is 5.88 Å². The molecule has 0 atom stereocenters. The molecule has 0 aliphatic heterocycles. The molecule has 0 aliphatic carbocycles. The smallest absolute Gasteiger partial charge is 0.138 e. The van der Waals surface area contributed by atoms with Gasteiger partial charge in [-0.05, 0) is 62.8 Å². The van der Waals surface area contributed by atoms with E-state index in [1.54, 1.807) is 12.1 Å². The molecule has 2 aromatic carbocycles. The standard InChI is InChI=1S/C14H7BrCl2FIN2/c15-8-2-1-7(3-9(8)17)21-13-4-10(18)11(19)5-12(13)20-14(21)6-16/h1-5H,6H2. The van der Waals surface area contributed by atoms with Crippen molar-refractivity contribution < 1.29 is 4.39 Å². The molecule has 0 saturated heterocycles. The molecule has 0 fully saturated rings. The maximum Gasteiger partial charge on any atom is 0.138 e. The Morgan fingerprint density at radius 3 is 2.71 bits per heavy atom. The lowest BCUT2D eigenvalue weighted by molar-refractivity contribution is 0.622. The number of nitrogens with zero attached hydrogens (tertiary/aromatic N) is 2. The van der Waals surface area contributed by atoms with Gasteiger partial charge in [0.1, 0.15) is 11.6 Å². The van der Waals surface area contributed by atoms with Gasteiger partial charge in [0.15, 0.2) is 0 Å². The lowest BCUT2D eigenvalue weighted by atomic mass is 10.2. The first-order chi connectivity index (χ1) is 10.0. The molecule has 108 valence electrons. The molecule has 1 heterocycles. The van der Waals surface area contributed by atoms with Gasteiger partial charge in [0.25, 0.3) is 0 Å². The van der Waals surface area contributed by atoms with E-state index in [4.69, 9.17) is 23.2 Å². The lowest BCUT2D eigenvalue weighted by Crippen LogP contribution is -1.99. The van der Waals surface area contributed by atoms with Gasteiger partial charge in [-0.1, -0.05) is 11.6 Å². The third-order valence-corrected chi connectivity index (χ3v) is 5.35. The summed E-state index contributed by atoms with van der Waals surface area (Å²) in [6.07, 6.45) is 0. The summed E-state index contributed by atoms with van der Waals surface area (Å²) in [6.45, 7) is 0. The van der Waals surface area contributed by atoms with E-state index in [2.05, 4.69) is 20.9 Å². The molecule has 21 heavy (non-hydrogen) atoms. The third-order valence-electron chi connectivity index (χ3n) is 3.05. The fourth-order valence-corrected chi connectivity index (χ4v) is 3.18. The van der Waals surface area contributed by atoms with Gasteiger partial charge in [0.05, 0.1) is 25.5 Å². The van der Waals surface area contributed by atoms with Crippen LogP contribution in [0.5, 0.6) is 0 Å². The number of hydrogen-bond acceptors (Lipinski definition) is 1. The van der Waals surface area contributed by atoms with Gasteiger partial charge in [-0.3, -0.25) is 4.57 Å². The van der Waals surface area contributed by atoms with E-state index in [1.165, 1.54) is 6.07 Å². The second-order valence-corrected chi connectivity index (χ2v) is 7.04. The second kappa shape index (κ2) is 6.02. The topological polar surface area (TPSA) is 17.8 Å². The van der Waals surface area contributed by atoms with E-state index in [9.17, 15) is 4.39 Å². The van der Waals surface area contributed by atoms with Crippen LogP contribution in [0, 0.1) is 9.39 Å². The number of aromatic nitrogens is 2. The van der Waals surface area contributed by atoms with Crippen LogP contribution in [0.25, 0.3) is 16.7 Å². The van der Waals surface area contributed by atoms with Gasteiger partial charge < -0.3 is 0 Å². The Balaban J connectivity index is 2.34. The highest BCUT2D eigenvalue weighted by Gasteiger charge is 2.15. The number of hydrogen-bond donors (Lipinski definition) is 0. The predicted molar refractivity (Wildman–Crippen MR) is 96.0 cm³/mol. The largest absolute Gasteiger partial charge is 0.295 e. The molecule has 3 rings (SSSR count). The second-order valence-electron chi connectivity index (χ2n) is 4.35. The van der Waals surface area contributed by atoms with E-state index >= 15 is 0 Å². The molecule has 0 saturated carbocycles. The minimum Gasteiger partial charge on any atom is -0.295 e. The van der Waals surface area contributed by atoms with Gasteiger partial charge in [0.2, 0.25) is 0 Å². The van der Waals surface area contributed by atoms with Crippen LogP contribution >= 0.6 is 61.7 Å². The van der Waals surface area contributed by atoms with Gasteiger partial charge >= 0.3 is 0 Å². The Bertz CT molecular complexity index is 851. The fourth-order valence-electron chi connectivity index (χ4n) is 2.12. The molecular weight excluding hydrogens is 493 g/mol. The van der Waals surface area contributed by atoms with Crippen molar-refractivity contribution >= 4 is 72.8 Å². The maximum atomic E-state index is 13.9. The van der Waals surface area contributed by atoms with E-state index in [0.29, 0.717) is 25.5 Å². The molecule has 0 unspecified atom stereocenters. The van der Waals surface area contributed by atoms with Crippen LogP contribution in [0.4, 0.5) is 4.39 Å². The monoisotopic (exact) mass is 498 g/mol. The number of alkyl halides is 1. The Hall–Kier alpha value is -0.370. The van der Waals surface area contributed by atoms with Crippen LogP contribution in [0.1, 0.15) is 5.82 Å². The van der Waals surface area contributed by atoms with Gasteiger partial charge in [-0.2, -0.15) is 0 Å². The zero-order chi connectivity index (χ0) is 15.1. The quantitative estimate of drug-likeness (QED) is 0.316. The summed E-state index contributed by atoms with van der Waals surface area (Å²) in [5, 5.41) is 0.570. The van der Waals surface area contributed by atoms with Crippen molar-refractivity contribution in [3.63, 3.8) is 0 Å². The Kier molecular flexibility index (Phi) is 4.45. The van der Waals surface area contributed by atoms with Gasteiger partial charge in [-0.25, -0.2) is 9.37 Å². The Morgan fingerprint density at radius 1 is 1.29 bits per heavy atom. The van der Waals surface area contributed by atoms with E-state index in [1.807, 2.05) is 39.3 Å². The summed E-state index contributed by atoms with van der Waals surface area (Å²) in [5.74, 6) is 0.584. The minimum absolute atomic E-state index is 0.223. The Labute approximate surface area is 152 Å². The van der Waals surface area contributed by atoms with Crippen LogP contribution in [-0.4, -0.2) is 9.55 Å². The summed E-state index contributed by atoms with van der Waals surface area (Å²) >= 11 is 17.4. The van der Waals surface area contributed by atoms with Gasteiger partial charge in [0, 0.05) is 16.2 Å². The molecule has 0 N–H and O–H groups in total. The predicted octanol–water partition coefficient (Wildman–Crippen LogP) is 5.92. The van der Waals surface area contributed by atoms with Crippen LogP contribution in [-0.2, 0) is 5.88 Å². The molecule has 7 heteroatoms. The molecule has 0 amide bonds. The first-order valence-electron chi connectivity index (χ1n) is 5.89. The molecule has 1 aromatic heterocycles. The van der Waals surface area contributed by atoms with Crippen molar-refractivity contribution in [2.75, 3.05) is 0 Å². The highest BCUT2D eigenvalue weighted by Crippen LogP contribution is 2.30. The molecular formula is C14H7BrCl2FIN2. The first-order valence-corrected chi connectivity index (χ1v) is 8.67. The summed E-state index contributed by atoms with van der Waals surface area (Å²) in [4.78, 5) is 4.47. The fraction of sp³-hybridized carbons (Fsp3) is 0.0714. The van der Waals surface area contributed by atoms with E-state index < -0.39 is 0 Å². The van der Waals surface area contributed by atoms with Crippen LogP contribution in [0.15, 0.2) is 34.8 Å². The van der Waals surface area contributed by atoms with Crippen molar-refractivity contribution in [3.8, 4) is 5.69 Å². The van der Waals surface area contributed by atoms with E-state index in [0.717, 1.165) is 10.2 Å². The highest BCUT2D eigenvalue weighted by atomic mass is 127. The molecule has 2 nitrogen and oxygen atoms in total. The average molecular weight is 500 g/mol. The zero-order valence-electron chi connectivity index (χ0n) is 10.4. The lowest BCUT2D eigenvalue weighted by Gasteiger charge is -2.09. The Morgan fingerprint density at radius 2 is 2.05 bits per heavy atom. The number of rotatable bonds is 2. The number of imidazole rings is 1. The van der Waals surface area contributed by atoms with Crippen LogP contribution < -0.4 is 0 Å². The average Bonchev–Trinajstić information content (AvgIpc) is 2.80. The normalized spacial score (nSPS) is 11.3. The first kappa shape index (κ1) is 15.5. The van der Waals surface area contributed by atoms with E-state index in [-0.39, 0.29) is 11.7 Å². The minimum atomic E-state index is -0.284. The highest BCUT2D eigenvalue weighted by molar-refractivity contribution is 14.1. The van der Waals surface area contributed by atoms with Crippen molar-refractivity contribution in [1.29, 1.82) is 0 Å². The van der Waals surface area contributed by atoms with Gasteiger partial charge in [-0.15, -0.1) is 11.6 Å². The molecule has 0 bridgehead atoms. The van der Waals surface area contributed by atoms with Crippen LogP contribution in [0.2, 0.25) is 5.02 Å². The number of halogens is 5. The summed E-state index contributed by atoms with van der Waals surface area (Å²) < 4.78 is 17.0. The molecule has 0 aliphatic rings. The van der Waals surface area contributed by atoms with Crippen molar-refractivity contribution in [1.82, 2.24) is 9.55 Å².